The van der Waals surface area contributed by atoms with E-state index in [0.717, 1.165) is 25.1 Å². The third-order valence-corrected chi connectivity index (χ3v) is 3.10. The molecule has 2 aliphatic rings. The van der Waals surface area contributed by atoms with Crippen LogP contribution in [0.3, 0.4) is 0 Å². The van der Waals surface area contributed by atoms with Crippen molar-refractivity contribution in [2.45, 2.75) is 31.4 Å². The molecule has 88 valence electrons. The van der Waals surface area contributed by atoms with E-state index < -0.39 is 6.10 Å². The Morgan fingerprint density at radius 3 is 3.00 bits per heavy atom. The Morgan fingerprint density at radius 2 is 2.44 bits per heavy atom. The van der Waals surface area contributed by atoms with Gasteiger partial charge in [0.2, 0.25) is 5.91 Å². The number of carbonyl (C=O) groups excluding carboxylic acids is 1. The minimum atomic E-state index is -0.391. The van der Waals surface area contributed by atoms with Crippen LogP contribution >= 0.6 is 0 Å². The zero-order chi connectivity index (χ0) is 11.5. The molecule has 2 atom stereocenters. The Hall–Kier alpha value is -1.36. The molecule has 0 saturated heterocycles. The second-order valence-corrected chi connectivity index (χ2v) is 4.21. The third kappa shape index (κ3) is 2.24. The standard InChI is InChI=1S/C11H17N3O2/c1-12-10-5-7(6-13-10)11(16)14-8-3-2-4-9(8)15/h5,8-9,15H,2-4,6H2,1H3,(H,12,13)(H,14,16)/t8-,9+/m0/s1. The van der Waals surface area contributed by atoms with Gasteiger partial charge in [0.25, 0.3) is 0 Å². The van der Waals surface area contributed by atoms with Gasteiger partial charge in [-0.05, 0) is 25.3 Å². The minimum absolute atomic E-state index is 0.0870. The molecule has 5 nitrogen and oxygen atoms in total. The fraction of sp³-hybridized carbons (Fsp3) is 0.636. The maximum Gasteiger partial charge on any atom is 0.249 e. The average Bonchev–Trinajstić information content (AvgIpc) is 2.88. The molecule has 1 heterocycles. The normalized spacial score (nSPS) is 31.4. The van der Waals surface area contributed by atoms with Crippen molar-refractivity contribution in [1.82, 2.24) is 10.6 Å². The maximum absolute atomic E-state index is 11.8. The van der Waals surface area contributed by atoms with Crippen LogP contribution in [0.2, 0.25) is 0 Å². The van der Waals surface area contributed by atoms with Crippen LogP contribution in [0.5, 0.6) is 0 Å². The Bertz CT molecular complexity index is 349. The topological polar surface area (TPSA) is 73.7 Å². The van der Waals surface area contributed by atoms with Crippen molar-refractivity contribution < 1.29 is 9.90 Å². The van der Waals surface area contributed by atoms with Gasteiger partial charge in [-0.2, -0.15) is 0 Å². The highest BCUT2D eigenvalue weighted by atomic mass is 16.3. The molecule has 2 rings (SSSR count). The Morgan fingerprint density at radius 1 is 1.62 bits per heavy atom. The number of hydrogen-bond acceptors (Lipinski definition) is 3. The van der Waals surface area contributed by atoms with E-state index in [9.17, 15) is 9.90 Å². The van der Waals surface area contributed by atoms with Crippen LogP contribution in [-0.2, 0) is 4.79 Å². The largest absolute Gasteiger partial charge is 0.391 e. The number of amidine groups is 1. The summed E-state index contributed by atoms with van der Waals surface area (Å²) in [5, 5.41) is 15.5. The van der Waals surface area contributed by atoms with Gasteiger partial charge in [-0.1, -0.05) is 0 Å². The Balaban J connectivity index is 1.94. The highest BCUT2D eigenvalue weighted by molar-refractivity contribution is 6.06. The lowest BCUT2D eigenvalue weighted by Gasteiger charge is -2.16. The molecular formula is C11H17N3O2. The van der Waals surface area contributed by atoms with Crippen LogP contribution in [0.25, 0.3) is 0 Å². The predicted octanol–water partition coefficient (Wildman–Crippen LogP) is -0.426. The molecule has 1 amide bonds. The van der Waals surface area contributed by atoms with Crippen LogP contribution in [0, 0.1) is 0 Å². The smallest absolute Gasteiger partial charge is 0.249 e. The van der Waals surface area contributed by atoms with Gasteiger partial charge in [-0.25, -0.2) is 0 Å². The molecule has 0 aromatic rings. The summed E-state index contributed by atoms with van der Waals surface area (Å²) in [6.45, 7) is 0.515. The van der Waals surface area contributed by atoms with Crippen LogP contribution in [0.4, 0.5) is 0 Å². The molecule has 1 aliphatic heterocycles. The van der Waals surface area contributed by atoms with E-state index in [1.54, 1.807) is 13.1 Å². The van der Waals surface area contributed by atoms with E-state index in [1.807, 2.05) is 0 Å². The number of carbonyl (C=O) groups is 1. The summed E-state index contributed by atoms with van der Waals surface area (Å²) >= 11 is 0. The summed E-state index contributed by atoms with van der Waals surface area (Å²) in [5.74, 6) is 0.634. The van der Waals surface area contributed by atoms with Crippen LogP contribution in [0.1, 0.15) is 19.3 Å². The highest BCUT2D eigenvalue weighted by Gasteiger charge is 2.28. The van der Waals surface area contributed by atoms with Crippen molar-refractivity contribution in [3.63, 3.8) is 0 Å². The highest BCUT2D eigenvalue weighted by Crippen LogP contribution is 2.19. The van der Waals surface area contributed by atoms with Crippen molar-refractivity contribution in [1.29, 1.82) is 0 Å². The van der Waals surface area contributed by atoms with E-state index in [-0.39, 0.29) is 11.9 Å². The summed E-state index contributed by atoms with van der Waals surface area (Å²) in [6.07, 6.45) is 3.98. The van der Waals surface area contributed by atoms with Crippen molar-refractivity contribution in [2.24, 2.45) is 4.99 Å². The Labute approximate surface area is 94.6 Å². The molecular weight excluding hydrogens is 206 g/mol. The molecule has 3 N–H and O–H groups in total. The number of rotatable bonds is 2. The monoisotopic (exact) mass is 223 g/mol. The molecule has 0 bridgehead atoms. The molecule has 1 aliphatic carbocycles. The summed E-state index contributed by atoms with van der Waals surface area (Å²) < 4.78 is 0. The van der Waals surface area contributed by atoms with Gasteiger partial charge >= 0.3 is 0 Å². The lowest BCUT2D eigenvalue weighted by atomic mass is 10.2. The number of amides is 1. The molecule has 0 radical (unpaired) electrons. The average molecular weight is 223 g/mol. The van der Waals surface area contributed by atoms with Gasteiger partial charge in [0.05, 0.1) is 12.1 Å². The molecule has 1 fully saturated rings. The third-order valence-electron chi connectivity index (χ3n) is 3.10. The minimum Gasteiger partial charge on any atom is -0.391 e. The number of nitrogens with one attached hydrogen (secondary N) is 2. The van der Waals surface area contributed by atoms with Crippen LogP contribution in [0.15, 0.2) is 16.6 Å². The first-order valence-corrected chi connectivity index (χ1v) is 5.61. The lowest BCUT2D eigenvalue weighted by Crippen LogP contribution is -2.41. The first kappa shape index (κ1) is 11.1. The molecule has 5 heteroatoms. The summed E-state index contributed by atoms with van der Waals surface area (Å²) in [4.78, 5) is 15.8. The fourth-order valence-electron chi connectivity index (χ4n) is 2.11. The number of aliphatic hydroxyl groups is 1. The first-order valence-electron chi connectivity index (χ1n) is 5.61. The molecule has 0 aromatic carbocycles. The summed E-state index contributed by atoms with van der Waals surface area (Å²) in [7, 11) is 1.68. The van der Waals surface area contributed by atoms with E-state index >= 15 is 0 Å². The van der Waals surface area contributed by atoms with Gasteiger partial charge in [0, 0.05) is 19.2 Å². The van der Waals surface area contributed by atoms with E-state index in [2.05, 4.69) is 15.6 Å². The SMILES string of the molecule is CN=C1C=C(C(=O)N[C@H]2CCC[C@H]2O)CN1. The van der Waals surface area contributed by atoms with Crippen molar-refractivity contribution in [3.05, 3.63) is 11.6 Å². The molecule has 0 aromatic heterocycles. The van der Waals surface area contributed by atoms with E-state index in [0.29, 0.717) is 12.1 Å². The van der Waals surface area contributed by atoms with Crippen molar-refractivity contribution in [2.75, 3.05) is 13.6 Å². The summed E-state index contributed by atoms with van der Waals surface area (Å²) in [5.41, 5.74) is 0.680. The zero-order valence-electron chi connectivity index (χ0n) is 9.36. The van der Waals surface area contributed by atoms with E-state index in [4.69, 9.17) is 0 Å². The fourth-order valence-corrected chi connectivity index (χ4v) is 2.11. The van der Waals surface area contributed by atoms with E-state index in [1.165, 1.54) is 0 Å². The number of hydrogen-bond donors (Lipinski definition) is 3. The maximum atomic E-state index is 11.8. The molecule has 1 saturated carbocycles. The molecule has 0 spiro atoms. The van der Waals surface area contributed by atoms with Crippen molar-refractivity contribution in [3.8, 4) is 0 Å². The molecule has 16 heavy (non-hydrogen) atoms. The van der Waals surface area contributed by atoms with Gasteiger partial charge < -0.3 is 15.7 Å². The van der Waals surface area contributed by atoms with Gasteiger partial charge in [0.1, 0.15) is 5.84 Å². The zero-order valence-corrected chi connectivity index (χ0v) is 9.36. The first-order chi connectivity index (χ1) is 7.70. The quantitative estimate of drug-likeness (QED) is 0.595. The van der Waals surface area contributed by atoms with Gasteiger partial charge in [0.15, 0.2) is 0 Å². The van der Waals surface area contributed by atoms with Crippen molar-refractivity contribution >= 4 is 11.7 Å². The van der Waals surface area contributed by atoms with Gasteiger partial charge in [-0.3, -0.25) is 9.79 Å². The number of nitrogens with zero attached hydrogens (tertiary/aromatic N) is 1. The lowest BCUT2D eigenvalue weighted by molar-refractivity contribution is -0.118. The van der Waals surface area contributed by atoms with Crippen LogP contribution < -0.4 is 10.6 Å². The molecule has 0 unspecified atom stereocenters. The Kier molecular flexibility index (Phi) is 3.24. The van der Waals surface area contributed by atoms with Crippen LogP contribution in [-0.4, -0.2) is 42.6 Å². The number of aliphatic hydroxyl groups excluding tert-OH is 1. The second-order valence-electron chi connectivity index (χ2n) is 4.21. The van der Waals surface area contributed by atoms with Gasteiger partial charge in [-0.15, -0.1) is 0 Å². The predicted molar refractivity (Wildman–Crippen MR) is 61.2 cm³/mol. The number of aliphatic imine (C=N–C) groups is 1. The second kappa shape index (κ2) is 4.65. The summed E-state index contributed by atoms with van der Waals surface area (Å²) in [6, 6.07) is -0.0870.